The van der Waals surface area contributed by atoms with Gasteiger partial charge < -0.3 is 15.7 Å². The molecule has 0 radical (unpaired) electrons. The van der Waals surface area contributed by atoms with E-state index in [4.69, 9.17) is 5.11 Å². The van der Waals surface area contributed by atoms with Crippen LogP contribution in [-0.2, 0) is 4.79 Å². The second-order valence-corrected chi connectivity index (χ2v) is 5.32. The molecule has 0 aromatic carbocycles. The van der Waals surface area contributed by atoms with Gasteiger partial charge in [-0.2, -0.15) is 0 Å². The number of hydrogen-bond acceptors (Lipinski definition) is 5. The fourth-order valence-electron chi connectivity index (χ4n) is 2.54. The van der Waals surface area contributed by atoms with Gasteiger partial charge in [-0.25, -0.2) is 0 Å². The molecule has 1 amide bonds. The molecule has 1 aliphatic carbocycles. The minimum absolute atomic E-state index is 0.187. The molecule has 1 aromatic rings. The number of anilines is 1. The lowest BCUT2D eigenvalue weighted by Gasteiger charge is -2.26. The topological polar surface area (TPSA) is 104 Å². The normalized spacial score (nSPS) is 21.6. The number of aliphatic carboxylic acids is 1. The Kier molecular flexibility index (Phi) is 5.08. The van der Waals surface area contributed by atoms with Crippen LogP contribution < -0.4 is 10.6 Å². The van der Waals surface area contributed by atoms with Gasteiger partial charge in [0.05, 0.1) is 5.92 Å². The van der Waals surface area contributed by atoms with Crippen molar-refractivity contribution < 1.29 is 14.7 Å². The van der Waals surface area contributed by atoms with Crippen LogP contribution in [0.3, 0.4) is 0 Å². The van der Waals surface area contributed by atoms with Gasteiger partial charge in [0.15, 0.2) is 5.69 Å². The fraction of sp³-hybridized carbons (Fsp3) is 0.571. The molecule has 7 nitrogen and oxygen atoms in total. The maximum absolute atomic E-state index is 11.3. The van der Waals surface area contributed by atoms with Crippen molar-refractivity contribution >= 4 is 17.7 Å². The Morgan fingerprint density at radius 1 is 1.24 bits per heavy atom. The van der Waals surface area contributed by atoms with Gasteiger partial charge in [0.2, 0.25) is 0 Å². The van der Waals surface area contributed by atoms with Crippen molar-refractivity contribution in [3.63, 3.8) is 0 Å². The lowest BCUT2D eigenvalue weighted by Crippen LogP contribution is -2.25. The molecule has 0 bridgehead atoms. The molecule has 0 aliphatic heterocycles. The van der Waals surface area contributed by atoms with E-state index in [2.05, 4.69) is 20.8 Å². The second-order valence-electron chi connectivity index (χ2n) is 5.32. The Labute approximate surface area is 123 Å². The number of carboxylic acids is 1. The first-order chi connectivity index (χ1) is 10.1. The summed E-state index contributed by atoms with van der Waals surface area (Å²) < 4.78 is 0. The Bertz CT molecular complexity index is 495. The Morgan fingerprint density at radius 3 is 2.48 bits per heavy atom. The highest BCUT2D eigenvalue weighted by Crippen LogP contribution is 2.28. The zero-order chi connectivity index (χ0) is 15.2. The van der Waals surface area contributed by atoms with E-state index >= 15 is 0 Å². The maximum atomic E-state index is 11.3. The maximum Gasteiger partial charge on any atom is 0.306 e. The van der Waals surface area contributed by atoms with E-state index in [1.807, 2.05) is 0 Å². The van der Waals surface area contributed by atoms with Crippen molar-refractivity contribution in [2.75, 3.05) is 18.9 Å². The van der Waals surface area contributed by atoms with Gasteiger partial charge in [-0.05, 0) is 43.7 Å². The lowest BCUT2D eigenvalue weighted by atomic mass is 9.82. The van der Waals surface area contributed by atoms with Gasteiger partial charge in [0.1, 0.15) is 5.82 Å². The molecule has 1 heterocycles. The fourth-order valence-corrected chi connectivity index (χ4v) is 2.54. The third kappa shape index (κ3) is 4.14. The molecule has 1 aliphatic rings. The molecular formula is C14H20N4O3. The zero-order valence-electron chi connectivity index (χ0n) is 12.0. The SMILES string of the molecule is CNC(=O)c1ccc(NCC2CCC(C(=O)O)CC2)nn1. The first kappa shape index (κ1) is 15.2. The number of carboxylic acid groups (broad SMARTS) is 1. The Morgan fingerprint density at radius 2 is 1.95 bits per heavy atom. The molecule has 0 saturated heterocycles. The molecule has 1 saturated carbocycles. The number of hydrogen-bond donors (Lipinski definition) is 3. The standard InChI is InChI=1S/C14H20N4O3/c1-15-13(19)11-6-7-12(18-17-11)16-8-9-2-4-10(5-3-9)14(20)21/h6-7,9-10H,2-5,8H2,1H3,(H,15,19)(H,16,18)(H,20,21). The van der Waals surface area contributed by atoms with Crippen LogP contribution >= 0.6 is 0 Å². The highest BCUT2D eigenvalue weighted by molar-refractivity contribution is 5.91. The van der Waals surface area contributed by atoms with Crippen LogP contribution in [0.15, 0.2) is 12.1 Å². The molecule has 1 fully saturated rings. The number of rotatable bonds is 5. The van der Waals surface area contributed by atoms with E-state index in [-0.39, 0.29) is 17.5 Å². The number of carbonyl (C=O) groups is 2. The summed E-state index contributed by atoms with van der Waals surface area (Å²) in [5.41, 5.74) is 0.282. The summed E-state index contributed by atoms with van der Waals surface area (Å²) in [7, 11) is 1.55. The van der Waals surface area contributed by atoms with Crippen LogP contribution in [0.5, 0.6) is 0 Å². The summed E-state index contributed by atoms with van der Waals surface area (Å²) in [6.07, 6.45) is 3.30. The predicted molar refractivity (Wildman–Crippen MR) is 77.0 cm³/mol. The molecule has 7 heteroatoms. The molecule has 114 valence electrons. The van der Waals surface area contributed by atoms with Crippen molar-refractivity contribution in [2.24, 2.45) is 11.8 Å². The lowest BCUT2D eigenvalue weighted by molar-refractivity contribution is -0.143. The van der Waals surface area contributed by atoms with E-state index in [1.54, 1.807) is 19.2 Å². The van der Waals surface area contributed by atoms with Gasteiger partial charge in [0.25, 0.3) is 5.91 Å². The predicted octanol–water partition coefficient (Wildman–Crippen LogP) is 1.14. The van der Waals surface area contributed by atoms with Crippen molar-refractivity contribution in [2.45, 2.75) is 25.7 Å². The van der Waals surface area contributed by atoms with E-state index in [0.717, 1.165) is 32.2 Å². The molecule has 1 aromatic heterocycles. The monoisotopic (exact) mass is 292 g/mol. The Hall–Kier alpha value is -2.18. The second kappa shape index (κ2) is 7.01. The molecule has 0 spiro atoms. The zero-order valence-corrected chi connectivity index (χ0v) is 12.0. The highest BCUT2D eigenvalue weighted by atomic mass is 16.4. The molecule has 0 atom stereocenters. The van der Waals surface area contributed by atoms with Crippen molar-refractivity contribution in [3.05, 3.63) is 17.8 Å². The minimum Gasteiger partial charge on any atom is -0.481 e. The molecule has 2 rings (SSSR count). The number of nitrogens with one attached hydrogen (secondary N) is 2. The average Bonchev–Trinajstić information content (AvgIpc) is 2.53. The van der Waals surface area contributed by atoms with Crippen molar-refractivity contribution in [3.8, 4) is 0 Å². The largest absolute Gasteiger partial charge is 0.481 e. The van der Waals surface area contributed by atoms with E-state index < -0.39 is 5.97 Å². The molecule has 21 heavy (non-hydrogen) atoms. The van der Waals surface area contributed by atoms with E-state index in [1.165, 1.54) is 0 Å². The number of amides is 1. The number of carbonyl (C=O) groups excluding carboxylic acids is 1. The third-order valence-electron chi connectivity index (χ3n) is 3.89. The smallest absolute Gasteiger partial charge is 0.306 e. The molecule has 0 unspecified atom stereocenters. The highest BCUT2D eigenvalue weighted by Gasteiger charge is 2.25. The van der Waals surface area contributed by atoms with Gasteiger partial charge in [-0.1, -0.05) is 0 Å². The third-order valence-corrected chi connectivity index (χ3v) is 3.89. The Balaban J connectivity index is 1.79. The van der Waals surface area contributed by atoms with Gasteiger partial charge in [-0.3, -0.25) is 9.59 Å². The molecule has 3 N–H and O–H groups in total. The number of nitrogens with zero attached hydrogens (tertiary/aromatic N) is 2. The van der Waals surface area contributed by atoms with E-state index in [9.17, 15) is 9.59 Å². The first-order valence-electron chi connectivity index (χ1n) is 7.12. The summed E-state index contributed by atoms with van der Waals surface area (Å²) in [4.78, 5) is 22.2. The van der Waals surface area contributed by atoms with E-state index in [0.29, 0.717) is 11.7 Å². The summed E-state index contributed by atoms with van der Waals surface area (Å²) in [6.45, 7) is 0.750. The van der Waals surface area contributed by atoms with Crippen LogP contribution in [0, 0.1) is 11.8 Å². The summed E-state index contributed by atoms with van der Waals surface area (Å²) in [6, 6.07) is 3.34. The van der Waals surface area contributed by atoms with Gasteiger partial charge in [0, 0.05) is 13.6 Å². The average molecular weight is 292 g/mol. The van der Waals surface area contributed by atoms with Gasteiger partial charge in [-0.15, -0.1) is 10.2 Å². The van der Waals surface area contributed by atoms with Crippen molar-refractivity contribution in [1.29, 1.82) is 0 Å². The van der Waals surface area contributed by atoms with Crippen LogP contribution in [-0.4, -0.2) is 40.8 Å². The minimum atomic E-state index is -0.683. The van der Waals surface area contributed by atoms with Gasteiger partial charge >= 0.3 is 5.97 Å². The quantitative estimate of drug-likeness (QED) is 0.751. The van der Waals surface area contributed by atoms with Crippen LogP contribution in [0.25, 0.3) is 0 Å². The summed E-state index contributed by atoms with van der Waals surface area (Å²) in [5.74, 6) is -0.0463. The van der Waals surface area contributed by atoms with Crippen LogP contribution in [0.2, 0.25) is 0 Å². The van der Waals surface area contributed by atoms with Crippen LogP contribution in [0.4, 0.5) is 5.82 Å². The summed E-state index contributed by atoms with van der Waals surface area (Å²) >= 11 is 0. The number of aromatic nitrogens is 2. The first-order valence-corrected chi connectivity index (χ1v) is 7.12. The van der Waals surface area contributed by atoms with Crippen LogP contribution in [0.1, 0.15) is 36.2 Å². The summed E-state index contributed by atoms with van der Waals surface area (Å²) in [5, 5.41) is 22.4. The van der Waals surface area contributed by atoms with Crippen molar-refractivity contribution in [1.82, 2.24) is 15.5 Å². The molecular weight excluding hydrogens is 272 g/mol.